The molecule has 0 aliphatic carbocycles. The lowest BCUT2D eigenvalue weighted by Gasteiger charge is -2.29. The molecular weight excluding hydrogens is 313 g/mol. The van der Waals surface area contributed by atoms with Crippen molar-refractivity contribution in [1.82, 2.24) is 14.7 Å². The third-order valence-corrected chi connectivity index (χ3v) is 3.68. The predicted octanol–water partition coefficient (Wildman–Crippen LogP) is 1.24. The van der Waals surface area contributed by atoms with Gasteiger partial charge in [0.15, 0.2) is 0 Å². The maximum absolute atomic E-state index is 12.1. The van der Waals surface area contributed by atoms with Gasteiger partial charge in [-0.1, -0.05) is 0 Å². The van der Waals surface area contributed by atoms with Crippen molar-refractivity contribution in [3.05, 3.63) is 11.4 Å². The number of aryl methyl sites for hydroxylation is 2. The Hall–Kier alpha value is -0.820. The van der Waals surface area contributed by atoms with Crippen LogP contribution in [0.4, 0.5) is 5.69 Å². The van der Waals surface area contributed by atoms with Crippen LogP contribution in [0.15, 0.2) is 0 Å². The molecule has 0 saturated carbocycles. The topological polar surface area (TPSA) is 76.2 Å². The number of halogens is 2. The molecule has 1 aliphatic rings. The molecule has 1 fully saturated rings. The number of carbonyl (C=O) groups is 1. The van der Waals surface area contributed by atoms with Gasteiger partial charge in [-0.2, -0.15) is 5.10 Å². The molecule has 1 unspecified atom stereocenters. The molecule has 0 bridgehead atoms. The van der Waals surface area contributed by atoms with Gasteiger partial charge in [0.1, 0.15) is 0 Å². The molecule has 6 nitrogen and oxygen atoms in total. The second-order valence-electron chi connectivity index (χ2n) is 5.36. The number of piperidine rings is 1. The summed E-state index contributed by atoms with van der Waals surface area (Å²) >= 11 is 0. The van der Waals surface area contributed by atoms with Crippen molar-refractivity contribution in [2.45, 2.75) is 32.7 Å². The lowest BCUT2D eigenvalue weighted by atomic mass is 10.1. The summed E-state index contributed by atoms with van der Waals surface area (Å²) in [6.07, 6.45) is 2.12. The Morgan fingerprint density at radius 3 is 2.62 bits per heavy atom. The Bertz CT molecular complexity index is 477. The lowest BCUT2D eigenvalue weighted by molar-refractivity contribution is -0.117. The van der Waals surface area contributed by atoms with Gasteiger partial charge in [0.2, 0.25) is 5.91 Å². The number of nitrogens with one attached hydrogen (secondary N) is 1. The molecule has 0 aromatic carbocycles. The van der Waals surface area contributed by atoms with Gasteiger partial charge in [0.05, 0.1) is 23.6 Å². The van der Waals surface area contributed by atoms with E-state index in [1.807, 2.05) is 20.9 Å². The van der Waals surface area contributed by atoms with E-state index < -0.39 is 0 Å². The predicted molar refractivity (Wildman–Crippen MR) is 89.5 cm³/mol. The highest BCUT2D eigenvalue weighted by Crippen LogP contribution is 2.18. The van der Waals surface area contributed by atoms with E-state index in [-0.39, 0.29) is 36.8 Å². The summed E-state index contributed by atoms with van der Waals surface area (Å²) in [7, 11) is 1.88. The van der Waals surface area contributed by atoms with Crippen LogP contribution in [0.2, 0.25) is 0 Å². The zero-order valence-corrected chi connectivity index (χ0v) is 14.4. The van der Waals surface area contributed by atoms with Crippen molar-refractivity contribution in [1.29, 1.82) is 0 Å². The molecule has 3 N–H and O–H groups in total. The Balaban J connectivity index is 0.00000200. The summed E-state index contributed by atoms with van der Waals surface area (Å²) in [5.41, 5.74) is 8.57. The quantitative estimate of drug-likeness (QED) is 0.870. The zero-order chi connectivity index (χ0) is 14.0. The van der Waals surface area contributed by atoms with Gasteiger partial charge >= 0.3 is 0 Å². The first-order chi connectivity index (χ1) is 8.97. The zero-order valence-electron chi connectivity index (χ0n) is 12.8. The minimum atomic E-state index is 0. The fraction of sp³-hybridized carbons (Fsp3) is 0.692. The lowest BCUT2D eigenvalue weighted by Crippen LogP contribution is -2.45. The van der Waals surface area contributed by atoms with E-state index >= 15 is 0 Å². The number of anilines is 1. The van der Waals surface area contributed by atoms with E-state index in [2.05, 4.69) is 15.3 Å². The molecule has 1 atom stereocenters. The summed E-state index contributed by atoms with van der Waals surface area (Å²) < 4.78 is 1.78. The number of rotatable bonds is 3. The molecule has 1 aliphatic heterocycles. The number of nitrogens with two attached hydrogens (primary N) is 1. The fourth-order valence-corrected chi connectivity index (χ4v) is 2.57. The first-order valence-electron chi connectivity index (χ1n) is 6.75. The van der Waals surface area contributed by atoms with Gasteiger partial charge < -0.3 is 11.1 Å². The normalized spacial score (nSPS) is 18.6. The van der Waals surface area contributed by atoms with Crippen LogP contribution in [0.5, 0.6) is 0 Å². The molecule has 0 spiro atoms. The van der Waals surface area contributed by atoms with Crippen LogP contribution < -0.4 is 11.1 Å². The van der Waals surface area contributed by atoms with Crippen molar-refractivity contribution in [3.63, 3.8) is 0 Å². The van der Waals surface area contributed by atoms with E-state index in [0.717, 1.165) is 43.0 Å². The van der Waals surface area contributed by atoms with Crippen LogP contribution in [0, 0.1) is 13.8 Å². The Kier molecular flexibility index (Phi) is 8.25. The highest BCUT2D eigenvalue weighted by Gasteiger charge is 2.20. The number of likely N-dealkylation sites (tertiary alicyclic amines) is 1. The number of nitrogens with zero attached hydrogens (tertiary/aromatic N) is 3. The van der Waals surface area contributed by atoms with E-state index in [4.69, 9.17) is 5.73 Å². The van der Waals surface area contributed by atoms with E-state index in [9.17, 15) is 4.79 Å². The molecule has 8 heteroatoms. The molecule has 1 saturated heterocycles. The molecule has 1 aromatic heterocycles. The Morgan fingerprint density at radius 2 is 2.10 bits per heavy atom. The summed E-state index contributed by atoms with van der Waals surface area (Å²) in [5.74, 6) is 0.00769. The molecule has 0 radical (unpaired) electrons. The third-order valence-electron chi connectivity index (χ3n) is 3.68. The van der Waals surface area contributed by atoms with Gasteiger partial charge in [-0.3, -0.25) is 14.4 Å². The number of carbonyl (C=O) groups excluding carboxylic acids is 1. The van der Waals surface area contributed by atoms with Crippen molar-refractivity contribution >= 4 is 36.4 Å². The maximum atomic E-state index is 12.1. The van der Waals surface area contributed by atoms with Crippen LogP contribution in [0.1, 0.15) is 24.2 Å². The van der Waals surface area contributed by atoms with Crippen molar-refractivity contribution < 1.29 is 4.79 Å². The average Bonchev–Trinajstić information content (AvgIpc) is 2.56. The fourth-order valence-electron chi connectivity index (χ4n) is 2.57. The van der Waals surface area contributed by atoms with Crippen LogP contribution in [-0.2, 0) is 11.8 Å². The van der Waals surface area contributed by atoms with Crippen LogP contribution >= 0.6 is 24.8 Å². The van der Waals surface area contributed by atoms with Gasteiger partial charge in [0.25, 0.3) is 0 Å². The summed E-state index contributed by atoms with van der Waals surface area (Å²) in [5, 5.41) is 7.25. The maximum Gasteiger partial charge on any atom is 0.238 e. The Labute approximate surface area is 138 Å². The molecule has 21 heavy (non-hydrogen) atoms. The smallest absolute Gasteiger partial charge is 0.238 e. The van der Waals surface area contributed by atoms with Crippen LogP contribution in [-0.4, -0.2) is 46.3 Å². The van der Waals surface area contributed by atoms with Gasteiger partial charge in [-0.25, -0.2) is 0 Å². The number of aromatic nitrogens is 2. The molecular formula is C13H25Cl2N5O. The standard InChI is InChI=1S/C13H23N5O.2ClH/c1-9-13(10(2)17(3)16-9)15-12(19)8-18-6-4-5-11(14)7-18;;/h11H,4-8,14H2,1-3H3,(H,15,19);2*1H. The minimum absolute atomic E-state index is 0. The summed E-state index contributed by atoms with van der Waals surface area (Å²) in [6.45, 7) is 6.01. The number of hydrogen-bond acceptors (Lipinski definition) is 4. The van der Waals surface area contributed by atoms with Crippen LogP contribution in [0.25, 0.3) is 0 Å². The highest BCUT2D eigenvalue weighted by molar-refractivity contribution is 5.93. The van der Waals surface area contributed by atoms with Crippen molar-refractivity contribution in [2.24, 2.45) is 12.8 Å². The number of hydrogen-bond donors (Lipinski definition) is 2. The molecule has 2 rings (SSSR count). The number of amides is 1. The second kappa shape index (κ2) is 8.58. The van der Waals surface area contributed by atoms with Crippen molar-refractivity contribution in [3.8, 4) is 0 Å². The van der Waals surface area contributed by atoms with Gasteiger partial charge in [0, 0.05) is 19.6 Å². The second-order valence-corrected chi connectivity index (χ2v) is 5.36. The summed E-state index contributed by atoms with van der Waals surface area (Å²) in [4.78, 5) is 14.2. The van der Waals surface area contributed by atoms with E-state index in [0.29, 0.717) is 6.54 Å². The SMILES string of the molecule is Cc1nn(C)c(C)c1NC(=O)CN1CCCC(N)C1.Cl.Cl. The molecule has 1 amide bonds. The first kappa shape index (κ1) is 20.2. The average molecular weight is 338 g/mol. The first-order valence-corrected chi connectivity index (χ1v) is 6.75. The molecule has 1 aromatic rings. The van der Waals surface area contributed by atoms with Gasteiger partial charge in [-0.05, 0) is 33.2 Å². The third kappa shape index (κ3) is 5.14. The monoisotopic (exact) mass is 337 g/mol. The van der Waals surface area contributed by atoms with Crippen molar-refractivity contribution in [2.75, 3.05) is 25.0 Å². The van der Waals surface area contributed by atoms with Crippen LogP contribution in [0.3, 0.4) is 0 Å². The van der Waals surface area contributed by atoms with E-state index in [1.54, 1.807) is 4.68 Å². The van der Waals surface area contributed by atoms with Gasteiger partial charge in [-0.15, -0.1) is 24.8 Å². The molecule has 122 valence electrons. The minimum Gasteiger partial charge on any atom is -0.327 e. The largest absolute Gasteiger partial charge is 0.327 e. The van der Waals surface area contributed by atoms with E-state index in [1.165, 1.54) is 0 Å². The Morgan fingerprint density at radius 1 is 1.43 bits per heavy atom. The highest BCUT2D eigenvalue weighted by atomic mass is 35.5. The molecule has 2 heterocycles. The summed E-state index contributed by atoms with van der Waals surface area (Å²) in [6, 6.07) is 0.198.